The summed E-state index contributed by atoms with van der Waals surface area (Å²) in [5.41, 5.74) is 1.86. The van der Waals surface area contributed by atoms with Gasteiger partial charge in [-0.15, -0.1) is 0 Å². The normalized spacial score (nSPS) is 16.9. The van der Waals surface area contributed by atoms with E-state index in [0.717, 1.165) is 42.3 Å². The van der Waals surface area contributed by atoms with Gasteiger partial charge in [0.2, 0.25) is 5.91 Å². The number of carbonyl (C=O) groups is 1. The van der Waals surface area contributed by atoms with Crippen molar-refractivity contribution in [2.75, 3.05) is 23.4 Å². The molecule has 0 radical (unpaired) electrons. The lowest BCUT2D eigenvalue weighted by atomic mass is 10.1. The van der Waals surface area contributed by atoms with Crippen LogP contribution in [0.25, 0.3) is 22.8 Å². The van der Waals surface area contributed by atoms with Crippen LogP contribution in [0.5, 0.6) is 0 Å². The number of fused-ring (bicyclic) bond motifs is 1. The molecule has 4 aromatic rings. The first-order valence-corrected chi connectivity index (χ1v) is 12.9. The number of rotatable bonds is 7. The third-order valence-corrected chi connectivity index (χ3v) is 7.03. The van der Waals surface area contributed by atoms with Crippen LogP contribution in [0.2, 0.25) is 0 Å². The average Bonchev–Trinajstić information content (AvgIpc) is 3.67. The maximum Gasteiger partial charge on any atom is 0.434 e. The Labute approximate surface area is 228 Å². The summed E-state index contributed by atoms with van der Waals surface area (Å²) >= 11 is 0. The molecule has 6 rings (SSSR count). The average molecular weight is 550 g/mol. The summed E-state index contributed by atoms with van der Waals surface area (Å²) in [4.78, 5) is 32.0. The Morgan fingerprint density at radius 1 is 1.12 bits per heavy atom. The highest BCUT2D eigenvalue weighted by Gasteiger charge is 2.35. The molecule has 1 aromatic carbocycles. The Balaban J connectivity index is 1.22. The van der Waals surface area contributed by atoms with Gasteiger partial charge in [0, 0.05) is 49.9 Å². The lowest BCUT2D eigenvalue weighted by Gasteiger charge is -2.18. The van der Waals surface area contributed by atoms with E-state index in [1.165, 1.54) is 11.6 Å². The van der Waals surface area contributed by atoms with Crippen LogP contribution in [0, 0.1) is 0 Å². The molecule has 1 amide bonds. The number of benzene rings is 1. The molecule has 0 aliphatic carbocycles. The molecule has 0 bridgehead atoms. The minimum Gasteiger partial charge on any atom is -0.376 e. The van der Waals surface area contributed by atoms with Gasteiger partial charge in [-0.25, -0.2) is 19.9 Å². The summed E-state index contributed by atoms with van der Waals surface area (Å²) in [6.45, 7) is 1.66. The molecule has 1 atom stereocenters. The second-order valence-corrected chi connectivity index (χ2v) is 9.87. The fraction of sp³-hybridized carbons (Fsp3) is 0.321. The Kier molecular flexibility index (Phi) is 6.70. The van der Waals surface area contributed by atoms with E-state index in [1.54, 1.807) is 41.6 Å². The third kappa shape index (κ3) is 5.14. The minimum atomic E-state index is -4.52. The lowest BCUT2D eigenvalue weighted by Crippen LogP contribution is -2.26. The van der Waals surface area contributed by atoms with Crippen LogP contribution < -0.4 is 10.2 Å². The number of nitrogens with one attached hydrogen (secondary N) is 1. The number of imidazole rings is 1. The Morgan fingerprint density at radius 3 is 2.67 bits per heavy atom. The van der Waals surface area contributed by atoms with Crippen molar-refractivity contribution in [1.82, 2.24) is 24.5 Å². The predicted molar refractivity (Wildman–Crippen MR) is 141 cm³/mol. The first-order valence-electron chi connectivity index (χ1n) is 12.9. The van der Waals surface area contributed by atoms with Crippen molar-refractivity contribution in [3.8, 4) is 22.8 Å². The molecule has 1 unspecified atom stereocenters. The second-order valence-electron chi connectivity index (χ2n) is 9.87. The van der Waals surface area contributed by atoms with Gasteiger partial charge in [0.15, 0.2) is 11.5 Å². The van der Waals surface area contributed by atoms with Crippen molar-refractivity contribution in [3.05, 3.63) is 71.8 Å². The van der Waals surface area contributed by atoms with Crippen molar-refractivity contribution >= 4 is 17.5 Å². The molecule has 206 valence electrons. The van der Waals surface area contributed by atoms with E-state index in [1.807, 2.05) is 12.1 Å². The van der Waals surface area contributed by atoms with E-state index < -0.39 is 11.9 Å². The molecule has 0 spiro atoms. The summed E-state index contributed by atoms with van der Waals surface area (Å²) in [5.74, 6) is 1.73. The summed E-state index contributed by atoms with van der Waals surface area (Å²) in [6.07, 6.45) is 2.20. The monoisotopic (exact) mass is 549 g/mol. The molecule has 40 heavy (non-hydrogen) atoms. The van der Waals surface area contributed by atoms with Crippen molar-refractivity contribution in [3.63, 3.8) is 0 Å². The van der Waals surface area contributed by atoms with Crippen LogP contribution in [0.15, 0.2) is 55.0 Å². The number of anilines is 2. The zero-order chi connectivity index (χ0) is 27.9. The molecule has 1 saturated heterocycles. The van der Waals surface area contributed by atoms with Gasteiger partial charge in [0.25, 0.3) is 0 Å². The molecular weight excluding hydrogens is 523 g/mol. The van der Waals surface area contributed by atoms with Gasteiger partial charge < -0.3 is 14.6 Å². The zero-order valence-corrected chi connectivity index (χ0v) is 21.6. The van der Waals surface area contributed by atoms with Crippen molar-refractivity contribution in [2.24, 2.45) is 7.05 Å². The fourth-order valence-corrected chi connectivity index (χ4v) is 4.98. The number of alkyl halides is 3. The van der Waals surface area contributed by atoms with Gasteiger partial charge in [-0.05, 0) is 30.5 Å². The van der Waals surface area contributed by atoms with E-state index in [4.69, 9.17) is 9.72 Å². The topological polar surface area (TPSA) is 98.1 Å². The largest absolute Gasteiger partial charge is 0.434 e. The molecule has 9 nitrogen and oxygen atoms in total. The molecule has 2 aliphatic heterocycles. The first kappa shape index (κ1) is 25.9. The van der Waals surface area contributed by atoms with Gasteiger partial charge in [0.1, 0.15) is 17.5 Å². The van der Waals surface area contributed by atoms with E-state index in [9.17, 15) is 18.0 Å². The van der Waals surface area contributed by atoms with Crippen LogP contribution >= 0.6 is 0 Å². The van der Waals surface area contributed by atoms with E-state index in [-0.39, 0.29) is 30.8 Å². The molecule has 1 N–H and O–H groups in total. The van der Waals surface area contributed by atoms with Crippen LogP contribution in [0.4, 0.5) is 24.8 Å². The van der Waals surface area contributed by atoms with Gasteiger partial charge in [-0.1, -0.05) is 24.3 Å². The number of hydrogen-bond acceptors (Lipinski definition) is 7. The number of aryl methyl sites for hydroxylation is 1. The number of carbonyl (C=O) groups excluding carboxylic acids is 1. The fourth-order valence-electron chi connectivity index (χ4n) is 4.98. The second kappa shape index (κ2) is 10.3. The van der Waals surface area contributed by atoms with Crippen LogP contribution in [0.3, 0.4) is 0 Å². The molecule has 12 heteroatoms. The number of aromatic nitrogens is 5. The zero-order valence-electron chi connectivity index (χ0n) is 21.6. The van der Waals surface area contributed by atoms with Crippen LogP contribution in [-0.4, -0.2) is 49.7 Å². The number of nitrogens with zero attached hydrogens (tertiary/aromatic N) is 6. The summed E-state index contributed by atoms with van der Waals surface area (Å²) in [7, 11) is 1.52. The smallest absolute Gasteiger partial charge is 0.376 e. The summed E-state index contributed by atoms with van der Waals surface area (Å²) < 4.78 is 46.3. The van der Waals surface area contributed by atoms with E-state index in [0.29, 0.717) is 29.6 Å². The predicted octanol–water partition coefficient (Wildman–Crippen LogP) is 4.64. The van der Waals surface area contributed by atoms with Gasteiger partial charge >= 0.3 is 6.18 Å². The molecule has 2 aliphatic rings. The number of ether oxygens (including phenoxy) is 1. The maximum absolute atomic E-state index is 13.1. The Hall–Kier alpha value is -4.32. The van der Waals surface area contributed by atoms with Gasteiger partial charge in [-0.2, -0.15) is 13.2 Å². The van der Waals surface area contributed by atoms with E-state index in [2.05, 4.69) is 20.3 Å². The quantitative estimate of drug-likeness (QED) is 0.359. The van der Waals surface area contributed by atoms with Crippen molar-refractivity contribution in [1.29, 1.82) is 0 Å². The summed E-state index contributed by atoms with van der Waals surface area (Å²) in [6, 6.07) is 10.7. The SMILES string of the molecule is Cn1cc(C(F)(F)F)nc1-c1ccc(CN2C(=O)Cc3cnc(-c4cccnc4NCC4CCCO4)nc32)cc1. The van der Waals surface area contributed by atoms with Crippen LogP contribution in [-0.2, 0) is 35.7 Å². The highest BCUT2D eigenvalue weighted by atomic mass is 19.4. The standard InChI is InChI=1S/C28H26F3N7O2/c1-37-16-22(28(29,30)31)35-26(37)18-8-6-17(7-9-18)15-38-23(39)12-19-13-33-25(36-27(19)38)21-5-2-10-32-24(21)34-14-20-4-3-11-40-20/h2,5-10,13,16,20H,3-4,11-12,14-15H2,1H3,(H,32,34). The third-order valence-electron chi connectivity index (χ3n) is 7.03. The number of halogens is 3. The van der Waals surface area contributed by atoms with Gasteiger partial charge in [0.05, 0.1) is 24.6 Å². The van der Waals surface area contributed by atoms with E-state index >= 15 is 0 Å². The van der Waals surface area contributed by atoms with Gasteiger partial charge in [-0.3, -0.25) is 9.69 Å². The van der Waals surface area contributed by atoms with Crippen molar-refractivity contribution in [2.45, 2.75) is 38.1 Å². The minimum absolute atomic E-state index is 0.104. The molecular formula is C28H26F3N7O2. The lowest BCUT2D eigenvalue weighted by molar-refractivity contribution is -0.140. The number of pyridine rings is 1. The van der Waals surface area contributed by atoms with Crippen LogP contribution in [0.1, 0.15) is 29.7 Å². The van der Waals surface area contributed by atoms with Crippen molar-refractivity contribution < 1.29 is 22.7 Å². The number of amides is 1. The first-order chi connectivity index (χ1) is 19.3. The molecule has 1 fully saturated rings. The Bertz CT molecular complexity index is 1550. The molecule has 3 aromatic heterocycles. The summed E-state index contributed by atoms with van der Waals surface area (Å²) in [5, 5.41) is 3.35. The molecule has 0 saturated carbocycles. The maximum atomic E-state index is 13.1. The highest BCUT2D eigenvalue weighted by Crippen LogP contribution is 2.33. The highest BCUT2D eigenvalue weighted by molar-refractivity contribution is 6.00. The Morgan fingerprint density at radius 2 is 1.95 bits per heavy atom. The molecule has 5 heterocycles. The number of hydrogen-bond donors (Lipinski definition) is 1.